The second-order valence-electron chi connectivity index (χ2n) is 4.84. The van der Waals surface area contributed by atoms with Gasteiger partial charge in [0.1, 0.15) is 12.1 Å². The van der Waals surface area contributed by atoms with Crippen molar-refractivity contribution >= 4 is 17.9 Å². The van der Waals surface area contributed by atoms with Gasteiger partial charge in [0.2, 0.25) is 5.91 Å². The maximum absolute atomic E-state index is 12.1. The molecule has 3 atom stereocenters. The van der Waals surface area contributed by atoms with Gasteiger partial charge in [0.05, 0.1) is 13.2 Å². The average Bonchev–Trinajstić information content (AvgIpc) is 2.43. The number of morpholine rings is 1. The highest BCUT2D eigenvalue weighted by Crippen LogP contribution is 2.11. The molecule has 0 aromatic carbocycles. The van der Waals surface area contributed by atoms with E-state index < -0.39 is 30.0 Å². The Morgan fingerprint density at radius 2 is 2.15 bits per heavy atom. The van der Waals surface area contributed by atoms with Gasteiger partial charge >= 0.3 is 12.0 Å². The SMILES string of the molecule is CCC(C)[C@H](NC(=O)N1CCOCC1C(N)=O)C(=O)O. The molecule has 1 fully saturated rings. The molecule has 0 radical (unpaired) electrons. The van der Waals surface area contributed by atoms with E-state index in [1.807, 2.05) is 6.92 Å². The van der Waals surface area contributed by atoms with E-state index in [4.69, 9.17) is 15.6 Å². The molecule has 8 nitrogen and oxygen atoms in total. The standard InChI is InChI=1S/C12H21N3O5/c1-3-7(2)9(11(17)18)14-12(19)15-4-5-20-6-8(15)10(13)16/h7-9H,3-6H2,1-2H3,(H2,13,16)(H,14,19)(H,17,18)/t7?,8?,9-/m0/s1. The lowest BCUT2D eigenvalue weighted by Crippen LogP contribution is -2.60. The number of carbonyl (C=O) groups is 3. The third-order valence-electron chi connectivity index (χ3n) is 3.48. The number of rotatable bonds is 5. The Morgan fingerprint density at radius 3 is 2.65 bits per heavy atom. The van der Waals surface area contributed by atoms with Crippen molar-refractivity contribution in [3.05, 3.63) is 0 Å². The van der Waals surface area contributed by atoms with Crippen LogP contribution >= 0.6 is 0 Å². The van der Waals surface area contributed by atoms with Crippen molar-refractivity contribution in [1.29, 1.82) is 0 Å². The Kier molecular flexibility index (Phi) is 5.75. The van der Waals surface area contributed by atoms with Crippen molar-refractivity contribution in [2.45, 2.75) is 32.4 Å². The number of primary amides is 1. The summed E-state index contributed by atoms with van der Waals surface area (Å²) in [4.78, 5) is 35.8. The number of nitrogens with zero attached hydrogens (tertiary/aromatic N) is 1. The fraction of sp³-hybridized carbons (Fsp3) is 0.750. The van der Waals surface area contributed by atoms with Crippen molar-refractivity contribution in [3.8, 4) is 0 Å². The van der Waals surface area contributed by atoms with Crippen LogP contribution in [0.2, 0.25) is 0 Å². The van der Waals surface area contributed by atoms with Crippen molar-refractivity contribution < 1.29 is 24.2 Å². The van der Waals surface area contributed by atoms with Gasteiger partial charge in [-0.2, -0.15) is 0 Å². The van der Waals surface area contributed by atoms with E-state index in [1.54, 1.807) is 6.92 Å². The average molecular weight is 287 g/mol. The molecule has 0 bridgehead atoms. The minimum Gasteiger partial charge on any atom is -0.480 e. The molecule has 1 rings (SSSR count). The third-order valence-corrected chi connectivity index (χ3v) is 3.48. The Bertz CT molecular complexity index is 387. The fourth-order valence-corrected chi connectivity index (χ4v) is 1.98. The molecule has 20 heavy (non-hydrogen) atoms. The van der Waals surface area contributed by atoms with Crippen molar-refractivity contribution in [3.63, 3.8) is 0 Å². The molecule has 1 saturated heterocycles. The number of amides is 3. The number of ether oxygens (including phenoxy) is 1. The summed E-state index contributed by atoms with van der Waals surface area (Å²) in [6, 6.07) is -2.47. The summed E-state index contributed by atoms with van der Waals surface area (Å²) in [5, 5.41) is 11.6. The lowest BCUT2D eigenvalue weighted by atomic mass is 9.99. The first-order valence-corrected chi connectivity index (χ1v) is 6.55. The zero-order chi connectivity index (χ0) is 15.3. The molecular weight excluding hydrogens is 266 g/mol. The zero-order valence-corrected chi connectivity index (χ0v) is 11.7. The van der Waals surface area contributed by atoms with Gasteiger partial charge in [-0.05, 0) is 5.92 Å². The number of hydrogen-bond donors (Lipinski definition) is 3. The monoisotopic (exact) mass is 287 g/mol. The lowest BCUT2D eigenvalue weighted by Gasteiger charge is -2.34. The zero-order valence-electron chi connectivity index (χ0n) is 11.7. The Hall–Kier alpha value is -1.83. The minimum atomic E-state index is -1.10. The number of carboxylic acids is 1. The molecule has 1 aliphatic rings. The number of nitrogens with two attached hydrogens (primary N) is 1. The van der Waals surface area contributed by atoms with Crippen molar-refractivity contribution in [2.75, 3.05) is 19.8 Å². The summed E-state index contributed by atoms with van der Waals surface area (Å²) in [6.45, 7) is 4.10. The highest BCUT2D eigenvalue weighted by atomic mass is 16.5. The normalized spacial score (nSPS) is 21.9. The van der Waals surface area contributed by atoms with E-state index in [0.29, 0.717) is 6.42 Å². The first kappa shape index (κ1) is 16.2. The van der Waals surface area contributed by atoms with E-state index in [9.17, 15) is 14.4 Å². The molecule has 0 aromatic heterocycles. The van der Waals surface area contributed by atoms with Gasteiger partial charge in [-0.3, -0.25) is 4.79 Å². The molecule has 0 aromatic rings. The molecule has 0 aliphatic carbocycles. The van der Waals surface area contributed by atoms with Crippen LogP contribution in [0.4, 0.5) is 4.79 Å². The summed E-state index contributed by atoms with van der Waals surface area (Å²) in [6.07, 6.45) is 0.611. The number of carbonyl (C=O) groups excluding carboxylic acids is 2. The molecular formula is C12H21N3O5. The van der Waals surface area contributed by atoms with Gasteiger partial charge in [0.15, 0.2) is 0 Å². The van der Waals surface area contributed by atoms with Crippen LogP contribution in [0, 0.1) is 5.92 Å². The third kappa shape index (κ3) is 3.83. The van der Waals surface area contributed by atoms with Crippen molar-refractivity contribution in [1.82, 2.24) is 10.2 Å². The maximum atomic E-state index is 12.1. The molecule has 0 saturated carbocycles. The van der Waals surface area contributed by atoms with Crippen LogP contribution in [-0.2, 0) is 14.3 Å². The predicted octanol–water partition coefficient (Wildman–Crippen LogP) is -0.619. The molecule has 4 N–H and O–H groups in total. The Labute approximate surface area is 117 Å². The van der Waals surface area contributed by atoms with E-state index in [2.05, 4.69) is 5.32 Å². The van der Waals surface area contributed by atoms with E-state index in [-0.39, 0.29) is 25.7 Å². The van der Waals surface area contributed by atoms with Crippen LogP contribution in [0.1, 0.15) is 20.3 Å². The number of carboxylic acid groups (broad SMARTS) is 1. The van der Waals surface area contributed by atoms with Crippen LogP contribution in [0.5, 0.6) is 0 Å². The summed E-state index contributed by atoms with van der Waals surface area (Å²) in [5.74, 6) is -1.99. The molecule has 2 unspecified atom stereocenters. The summed E-state index contributed by atoms with van der Waals surface area (Å²) < 4.78 is 5.11. The van der Waals surface area contributed by atoms with Crippen LogP contribution in [0.25, 0.3) is 0 Å². The van der Waals surface area contributed by atoms with E-state index in [1.165, 1.54) is 4.90 Å². The number of urea groups is 1. The van der Waals surface area contributed by atoms with E-state index in [0.717, 1.165) is 0 Å². The van der Waals surface area contributed by atoms with Gasteiger partial charge in [0.25, 0.3) is 0 Å². The van der Waals surface area contributed by atoms with Crippen LogP contribution in [-0.4, -0.2) is 59.8 Å². The molecule has 0 spiro atoms. The molecule has 114 valence electrons. The minimum absolute atomic E-state index is 0.0316. The van der Waals surface area contributed by atoms with Gasteiger partial charge in [-0.25, -0.2) is 9.59 Å². The topological polar surface area (TPSA) is 122 Å². The first-order valence-electron chi connectivity index (χ1n) is 6.55. The van der Waals surface area contributed by atoms with Crippen molar-refractivity contribution in [2.24, 2.45) is 11.7 Å². The highest BCUT2D eigenvalue weighted by Gasteiger charge is 2.34. The number of aliphatic carboxylic acids is 1. The second-order valence-corrected chi connectivity index (χ2v) is 4.84. The van der Waals surface area contributed by atoms with Crippen LogP contribution < -0.4 is 11.1 Å². The van der Waals surface area contributed by atoms with Gasteiger partial charge in [-0.1, -0.05) is 20.3 Å². The highest BCUT2D eigenvalue weighted by molar-refractivity contribution is 5.88. The molecule has 8 heteroatoms. The Morgan fingerprint density at radius 1 is 1.50 bits per heavy atom. The molecule has 1 aliphatic heterocycles. The number of hydrogen-bond acceptors (Lipinski definition) is 4. The molecule has 1 heterocycles. The largest absolute Gasteiger partial charge is 0.480 e. The predicted molar refractivity (Wildman–Crippen MR) is 69.9 cm³/mol. The first-order chi connectivity index (χ1) is 9.38. The summed E-state index contributed by atoms with van der Waals surface area (Å²) in [7, 11) is 0. The van der Waals surface area contributed by atoms with Gasteiger partial charge < -0.3 is 25.8 Å². The lowest BCUT2D eigenvalue weighted by molar-refractivity contribution is -0.140. The Balaban J connectivity index is 2.76. The van der Waals surface area contributed by atoms with Gasteiger partial charge in [-0.15, -0.1) is 0 Å². The maximum Gasteiger partial charge on any atom is 0.326 e. The van der Waals surface area contributed by atoms with Crippen LogP contribution in [0.3, 0.4) is 0 Å². The van der Waals surface area contributed by atoms with Gasteiger partial charge in [0, 0.05) is 6.54 Å². The molecule has 3 amide bonds. The smallest absolute Gasteiger partial charge is 0.326 e. The second kappa shape index (κ2) is 7.09. The summed E-state index contributed by atoms with van der Waals surface area (Å²) in [5.41, 5.74) is 5.22. The van der Waals surface area contributed by atoms with Crippen LogP contribution in [0.15, 0.2) is 0 Å². The quantitative estimate of drug-likeness (QED) is 0.622. The fourth-order valence-electron chi connectivity index (χ4n) is 1.98. The van der Waals surface area contributed by atoms with E-state index >= 15 is 0 Å². The summed E-state index contributed by atoms with van der Waals surface area (Å²) >= 11 is 0. The number of nitrogens with one attached hydrogen (secondary N) is 1.